The van der Waals surface area contributed by atoms with Gasteiger partial charge in [0, 0.05) is 5.56 Å². The number of hydrogen-bond donors (Lipinski definition) is 1. The van der Waals surface area contributed by atoms with Crippen LogP contribution in [0, 0.1) is 0 Å². The Kier molecular flexibility index (Phi) is 3.85. The van der Waals surface area contributed by atoms with Crippen molar-refractivity contribution in [1.29, 1.82) is 0 Å². The van der Waals surface area contributed by atoms with Gasteiger partial charge in [0.2, 0.25) is 12.5 Å². The molecule has 0 spiro atoms. The van der Waals surface area contributed by atoms with Gasteiger partial charge in [-0.15, -0.1) is 0 Å². The zero-order valence-corrected chi connectivity index (χ0v) is 12.6. The lowest BCUT2D eigenvalue weighted by Gasteiger charge is -2.15. The summed E-state index contributed by atoms with van der Waals surface area (Å²) in [5.41, 5.74) is 1.10. The molecule has 6 heteroatoms. The van der Waals surface area contributed by atoms with Crippen molar-refractivity contribution in [3.63, 3.8) is 0 Å². The molecule has 0 amide bonds. The van der Waals surface area contributed by atoms with Crippen molar-refractivity contribution in [2.75, 3.05) is 13.9 Å². The summed E-state index contributed by atoms with van der Waals surface area (Å²) >= 11 is 12.1. The highest BCUT2D eigenvalue weighted by Gasteiger charge is 2.24. The fourth-order valence-electron chi connectivity index (χ4n) is 2.22. The van der Waals surface area contributed by atoms with Crippen LogP contribution in [0.1, 0.15) is 17.2 Å². The summed E-state index contributed by atoms with van der Waals surface area (Å²) in [6.45, 7) is 0.128. The number of aliphatic hydroxyl groups excluding tert-OH is 1. The number of halogens is 2. The highest BCUT2D eigenvalue weighted by Crippen LogP contribution is 2.44. The Morgan fingerprint density at radius 3 is 2.81 bits per heavy atom. The van der Waals surface area contributed by atoms with E-state index in [1.807, 2.05) is 0 Å². The van der Waals surface area contributed by atoms with E-state index < -0.39 is 6.10 Å². The summed E-state index contributed by atoms with van der Waals surface area (Å²) in [7, 11) is 1.53. The Balaban J connectivity index is 2.06. The maximum atomic E-state index is 10.6. The van der Waals surface area contributed by atoms with E-state index in [1.165, 1.54) is 7.11 Å². The summed E-state index contributed by atoms with van der Waals surface area (Å²) in [5, 5.41) is 11.3. The normalized spacial score (nSPS) is 14.1. The maximum absolute atomic E-state index is 10.6. The van der Waals surface area contributed by atoms with Gasteiger partial charge in [0.25, 0.3) is 0 Å². The maximum Gasteiger partial charge on any atom is 0.231 e. The molecule has 2 aromatic carbocycles. The van der Waals surface area contributed by atoms with Gasteiger partial charge in [-0.05, 0) is 23.8 Å². The molecule has 0 aliphatic carbocycles. The van der Waals surface area contributed by atoms with Crippen LogP contribution >= 0.6 is 23.2 Å². The molecule has 0 saturated heterocycles. The van der Waals surface area contributed by atoms with Gasteiger partial charge in [-0.2, -0.15) is 0 Å². The molecule has 2 aromatic rings. The van der Waals surface area contributed by atoms with Gasteiger partial charge in [0.05, 0.1) is 17.2 Å². The molecule has 1 aliphatic heterocycles. The van der Waals surface area contributed by atoms with Crippen molar-refractivity contribution in [2.45, 2.75) is 6.10 Å². The molecule has 1 aliphatic rings. The molecule has 0 aromatic heterocycles. The van der Waals surface area contributed by atoms with Crippen molar-refractivity contribution in [3.8, 4) is 17.2 Å². The van der Waals surface area contributed by atoms with Crippen LogP contribution in [-0.4, -0.2) is 19.0 Å². The van der Waals surface area contributed by atoms with E-state index in [2.05, 4.69) is 0 Å². The number of benzene rings is 2. The molecule has 0 bridgehead atoms. The van der Waals surface area contributed by atoms with E-state index >= 15 is 0 Å². The molecule has 4 nitrogen and oxygen atoms in total. The van der Waals surface area contributed by atoms with Crippen LogP contribution in [-0.2, 0) is 0 Å². The van der Waals surface area contributed by atoms with Gasteiger partial charge in [-0.3, -0.25) is 0 Å². The quantitative estimate of drug-likeness (QED) is 0.931. The lowest BCUT2D eigenvalue weighted by molar-refractivity contribution is 0.171. The Bertz CT molecular complexity index is 688. The van der Waals surface area contributed by atoms with E-state index in [-0.39, 0.29) is 6.79 Å². The van der Waals surface area contributed by atoms with Crippen molar-refractivity contribution < 1.29 is 19.3 Å². The van der Waals surface area contributed by atoms with Crippen LogP contribution < -0.4 is 14.2 Å². The Morgan fingerprint density at radius 1 is 1.24 bits per heavy atom. The smallest absolute Gasteiger partial charge is 0.231 e. The van der Waals surface area contributed by atoms with E-state index in [4.69, 9.17) is 37.4 Å². The van der Waals surface area contributed by atoms with Gasteiger partial charge in [0.1, 0.15) is 6.10 Å². The van der Waals surface area contributed by atoms with E-state index in [0.717, 1.165) is 0 Å². The lowest BCUT2D eigenvalue weighted by atomic mass is 10.0. The fraction of sp³-hybridized carbons (Fsp3) is 0.200. The summed E-state index contributed by atoms with van der Waals surface area (Å²) in [6.07, 6.45) is -0.945. The molecule has 0 saturated carbocycles. The molecule has 1 heterocycles. The van der Waals surface area contributed by atoms with Crippen LogP contribution in [0.4, 0.5) is 0 Å². The van der Waals surface area contributed by atoms with Gasteiger partial charge in [-0.1, -0.05) is 35.3 Å². The minimum atomic E-state index is -0.945. The molecule has 21 heavy (non-hydrogen) atoms. The number of aliphatic hydroxyl groups is 1. The summed E-state index contributed by atoms with van der Waals surface area (Å²) < 4.78 is 15.9. The second-order valence-electron chi connectivity index (χ2n) is 4.50. The van der Waals surface area contributed by atoms with Crippen molar-refractivity contribution in [1.82, 2.24) is 0 Å². The zero-order chi connectivity index (χ0) is 15.0. The predicted molar refractivity (Wildman–Crippen MR) is 79.6 cm³/mol. The zero-order valence-electron chi connectivity index (χ0n) is 11.1. The van der Waals surface area contributed by atoms with Crippen molar-refractivity contribution in [3.05, 3.63) is 51.5 Å². The molecular formula is C15H12Cl2O4. The highest BCUT2D eigenvalue weighted by molar-refractivity contribution is 6.42. The van der Waals surface area contributed by atoms with Crippen LogP contribution in [0.3, 0.4) is 0 Å². The SMILES string of the molecule is COc1cc(C(O)c2cccc(Cl)c2Cl)cc2c1OCO2. The van der Waals surface area contributed by atoms with Crippen LogP contribution in [0.15, 0.2) is 30.3 Å². The van der Waals surface area contributed by atoms with Gasteiger partial charge in [0.15, 0.2) is 11.5 Å². The van der Waals surface area contributed by atoms with E-state index in [0.29, 0.717) is 38.4 Å². The van der Waals surface area contributed by atoms with E-state index in [1.54, 1.807) is 30.3 Å². The predicted octanol–water partition coefficient (Wildman–Crippen LogP) is 3.81. The third-order valence-corrected chi connectivity index (χ3v) is 4.11. The molecular weight excluding hydrogens is 315 g/mol. The third kappa shape index (κ3) is 2.50. The summed E-state index contributed by atoms with van der Waals surface area (Å²) in [4.78, 5) is 0. The van der Waals surface area contributed by atoms with Crippen LogP contribution in [0.25, 0.3) is 0 Å². The minimum Gasteiger partial charge on any atom is -0.493 e. The number of ether oxygens (including phenoxy) is 3. The van der Waals surface area contributed by atoms with Gasteiger partial charge in [-0.25, -0.2) is 0 Å². The van der Waals surface area contributed by atoms with Crippen molar-refractivity contribution in [2.24, 2.45) is 0 Å². The molecule has 1 atom stereocenters. The first-order chi connectivity index (χ1) is 10.1. The average molecular weight is 327 g/mol. The fourth-order valence-corrected chi connectivity index (χ4v) is 2.63. The molecule has 0 radical (unpaired) electrons. The first-order valence-electron chi connectivity index (χ1n) is 6.21. The molecule has 110 valence electrons. The summed E-state index contributed by atoms with van der Waals surface area (Å²) in [6, 6.07) is 8.51. The number of rotatable bonds is 3. The lowest BCUT2D eigenvalue weighted by Crippen LogP contribution is -2.01. The summed E-state index contributed by atoms with van der Waals surface area (Å²) in [5.74, 6) is 1.56. The number of hydrogen-bond acceptors (Lipinski definition) is 4. The molecule has 1 unspecified atom stereocenters. The largest absolute Gasteiger partial charge is 0.493 e. The number of methoxy groups -OCH3 is 1. The molecule has 3 rings (SSSR count). The first kappa shape index (κ1) is 14.3. The Labute approximate surface area is 131 Å². The second-order valence-corrected chi connectivity index (χ2v) is 5.29. The Morgan fingerprint density at radius 2 is 2.05 bits per heavy atom. The van der Waals surface area contributed by atoms with Crippen molar-refractivity contribution >= 4 is 23.2 Å². The standard InChI is InChI=1S/C15H12Cl2O4/c1-19-11-5-8(6-12-15(11)21-7-20-12)14(18)9-3-2-4-10(16)13(9)17/h2-6,14,18H,7H2,1H3. The van der Waals surface area contributed by atoms with Gasteiger partial charge < -0.3 is 19.3 Å². The molecule has 1 N–H and O–H groups in total. The number of fused-ring (bicyclic) bond motifs is 1. The first-order valence-corrected chi connectivity index (χ1v) is 6.97. The second kappa shape index (κ2) is 5.64. The molecule has 0 fully saturated rings. The average Bonchev–Trinajstić information content (AvgIpc) is 2.96. The van der Waals surface area contributed by atoms with Gasteiger partial charge >= 0.3 is 0 Å². The third-order valence-electron chi connectivity index (χ3n) is 3.27. The van der Waals surface area contributed by atoms with Crippen LogP contribution in [0.5, 0.6) is 17.2 Å². The minimum absolute atomic E-state index is 0.128. The van der Waals surface area contributed by atoms with Crippen LogP contribution in [0.2, 0.25) is 10.0 Å². The topological polar surface area (TPSA) is 47.9 Å². The highest BCUT2D eigenvalue weighted by atomic mass is 35.5. The Hall–Kier alpha value is -1.62. The monoisotopic (exact) mass is 326 g/mol. The van der Waals surface area contributed by atoms with E-state index in [9.17, 15) is 5.11 Å².